The summed E-state index contributed by atoms with van der Waals surface area (Å²) in [4.78, 5) is 0. The zero-order chi connectivity index (χ0) is 3.41. The van der Waals surface area contributed by atoms with Crippen molar-refractivity contribution in [1.82, 2.24) is 5.90 Å². The molecule has 2 radical (unpaired) electrons. The van der Waals surface area contributed by atoms with Gasteiger partial charge in [0.1, 0.15) is 0 Å². The molecule has 4 heteroatoms. The highest BCUT2D eigenvalue weighted by Crippen LogP contribution is 1.81. The molecule has 0 aromatic rings. The predicted octanol–water partition coefficient (Wildman–Crippen LogP) is -0.342. The summed E-state index contributed by atoms with van der Waals surface area (Å²) in [7, 11) is -1.41. The molecule has 0 rings (SSSR count). The summed E-state index contributed by atoms with van der Waals surface area (Å²) in [6.45, 7) is 0. The minimum Gasteiger partial charge on any atom is -0.298 e. The van der Waals surface area contributed by atoms with Crippen LogP contribution in [0.15, 0.2) is 0 Å². The molecule has 0 heterocycles. The summed E-state index contributed by atoms with van der Waals surface area (Å²) in [5, 5.41) is 0. The van der Waals surface area contributed by atoms with Crippen LogP contribution in [0.2, 0.25) is 0 Å². The van der Waals surface area contributed by atoms with Gasteiger partial charge in [0.2, 0.25) is 8.69 Å². The fourth-order valence-corrected chi connectivity index (χ4v) is 0. The molecule has 0 aliphatic carbocycles. The van der Waals surface area contributed by atoms with Crippen LogP contribution in [-0.4, -0.2) is 0 Å². The molecule has 0 aromatic carbocycles. The van der Waals surface area contributed by atoms with Crippen molar-refractivity contribution < 1.29 is 9.19 Å². The maximum absolute atomic E-state index is 8.91. The topological polar surface area (TPSA) is 48.6 Å². The van der Waals surface area contributed by atoms with E-state index in [1.807, 2.05) is 0 Å². The SMILES string of the molecule is [N]O[PH2]=O. The molecule has 4 heavy (non-hydrogen) atoms. The number of hydrogen-bond donors (Lipinski definition) is 0. The van der Waals surface area contributed by atoms with Gasteiger partial charge in [-0.2, -0.15) is 0 Å². The molecular weight excluding hydrogens is 77.0 g/mol. The van der Waals surface area contributed by atoms with E-state index in [9.17, 15) is 0 Å². The molecule has 1 atom stereocenters. The van der Waals surface area contributed by atoms with Crippen molar-refractivity contribution in [2.24, 2.45) is 0 Å². The Kier molecular flexibility index (Phi) is 3.27. The summed E-state index contributed by atoms with van der Waals surface area (Å²) in [5.74, 6) is 7.10. The Hall–Kier alpha value is 0.150. The zero-order valence-electron chi connectivity index (χ0n) is 1.84. The van der Waals surface area contributed by atoms with Crippen LogP contribution in [0.1, 0.15) is 0 Å². The molecular formula is H2NO2P. The monoisotopic (exact) mass is 79.0 g/mol. The van der Waals surface area contributed by atoms with E-state index in [0.29, 0.717) is 0 Å². The Labute approximate surface area is 25.0 Å². The Bertz CT molecular complexity index is 20.0. The Morgan fingerprint density at radius 2 is 2.25 bits per heavy atom. The van der Waals surface area contributed by atoms with E-state index in [1.165, 1.54) is 0 Å². The van der Waals surface area contributed by atoms with Crippen LogP contribution in [0.3, 0.4) is 0 Å². The van der Waals surface area contributed by atoms with Crippen LogP contribution in [0.5, 0.6) is 0 Å². The van der Waals surface area contributed by atoms with Crippen molar-refractivity contribution in [3.05, 3.63) is 0 Å². The highest BCUT2D eigenvalue weighted by atomic mass is 31.1. The maximum atomic E-state index is 8.91. The van der Waals surface area contributed by atoms with Gasteiger partial charge < -0.3 is 0 Å². The molecule has 0 amide bonds. The standard InChI is InChI=1S/H2NO2P/c1-3-4-2/h4H2. The van der Waals surface area contributed by atoms with Gasteiger partial charge in [-0.25, -0.2) is 4.62 Å². The van der Waals surface area contributed by atoms with Crippen molar-refractivity contribution in [2.45, 2.75) is 0 Å². The predicted molar refractivity (Wildman–Crippen MR) is 13.6 cm³/mol. The minimum absolute atomic E-state index is 1.41. The van der Waals surface area contributed by atoms with Crippen molar-refractivity contribution in [3.63, 3.8) is 0 Å². The summed E-state index contributed by atoms with van der Waals surface area (Å²) < 4.78 is 12.0. The van der Waals surface area contributed by atoms with Crippen molar-refractivity contribution >= 4 is 8.69 Å². The van der Waals surface area contributed by atoms with Crippen LogP contribution in [0, 0.1) is 0 Å². The highest BCUT2D eigenvalue weighted by molar-refractivity contribution is 7.17. The molecule has 1 unspecified atom stereocenters. The first-order valence-electron chi connectivity index (χ1n) is 0.654. The first-order chi connectivity index (χ1) is 1.91. The van der Waals surface area contributed by atoms with Gasteiger partial charge in [0.25, 0.3) is 0 Å². The van der Waals surface area contributed by atoms with E-state index in [0.717, 1.165) is 0 Å². The van der Waals surface area contributed by atoms with Crippen LogP contribution >= 0.6 is 8.69 Å². The van der Waals surface area contributed by atoms with Crippen LogP contribution < -0.4 is 5.90 Å². The van der Waals surface area contributed by atoms with Gasteiger partial charge in [-0.15, -0.1) is 0 Å². The van der Waals surface area contributed by atoms with E-state index in [1.54, 1.807) is 0 Å². The molecule has 3 nitrogen and oxygen atoms in total. The first-order valence-corrected chi connectivity index (χ1v) is 1.60. The molecule has 0 saturated heterocycles. The molecule has 0 aromatic heterocycles. The van der Waals surface area contributed by atoms with Crippen LogP contribution in [0.25, 0.3) is 0 Å². The van der Waals surface area contributed by atoms with Gasteiger partial charge in [-0.1, -0.05) is 0 Å². The van der Waals surface area contributed by atoms with E-state index >= 15 is 0 Å². The Morgan fingerprint density at radius 1 is 2.00 bits per heavy atom. The van der Waals surface area contributed by atoms with E-state index in [4.69, 9.17) is 10.5 Å². The van der Waals surface area contributed by atoms with Crippen molar-refractivity contribution in [1.29, 1.82) is 0 Å². The normalized spacial score (nSPS) is 10.2. The van der Waals surface area contributed by atoms with E-state index < -0.39 is 8.69 Å². The fourth-order valence-electron chi connectivity index (χ4n) is 0. The smallest absolute Gasteiger partial charge is 0.203 e. The fraction of sp³-hybridized carbons (Fsp3) is 0. The summed E-state index contributed by atoms with van der Waals surface area (Å²) in [6, 6.07) is 0. The van der Waals surface area contributed by atoms with Crippen molar-refractivity contribution in [3.8, 4) is 0 Å². The van der Waals surface area contributed by atoms with Gasteiger partial charge in [0.15, 0.2) is 0 Å². The zero-order valence-corrected chi connectivity index (χ0v) is 3.00. The van der Waals surface area contributed by atoms with Gasteiger partial charge in [-0.05, 0) is 0 Å². The van der Waals surface area contributed by atoms with Gasteiger partial charge in [-0.3, -0.25) is 4.57 Å². The largest absolute Gasteiger partial charge is 0.298 e. The summed E-state index contributed by atoms with van der Waals surface area (Å²) in [5.41, 5.74) is 0. The summed E-state index contributed by atoms with van der Waals surface area (Å²) >= 11 is 0. The quantitative estimate of drug-likeness (QED) is 0.319. The van der Waals surface area contributed by atoms with E-state index in [2.05, 4.69) is 4.62 Å². The number of nitrogens with zero attached hydrogens (tertiary/aromatic N) is 1. The lowest BCUT2D eigenvalue weighted by Gasteiger charge is -1.56. The number of hydrogen-bond acceptors (Lipinski definition) is 2. The molecule has 0 aliphatic heterocycles. The third-order valence-corrected chi connectivity index (χ3v) is 0.129. The first kappa shape index (κ1) is 4.15. The molecule has 0 aliphatic rings. The third-order valence-electron chi connectivity index (χ3n) is 0.0430. The Balaban J connectivity index is 2.30. The Morgan fingerprint density at radius 3 is 2.25 bits per heavy atom. The summed E-state index contributed by atoms with van der Waals surface area (Å²) in [6.07, 6.45) is 0. The lowest BCUT2D eigenvalue weighted by Crippen LogP contribution is -1.52. The number of rotatable bonds is 1. The second-order valence-electron chi connectivity index (χ2n) is 0.202. The average molecular weight is 79.0 g/mol. The van der Waals surface area contributed by atoms with Gasteiger partial charge in [0.05, 0.1) is 0 Å². The molecule has 0 saturated carbocycles. The maximum Gasteiger partial charge on any atom is 0.203 e. The molecule has 0 spiro atoms. The lowest BCUT2D eigenvalue weighted by molar-refractivity contribution is 0.336. The van der Waals surface area contributed by atoms with Gasteiger partial charge in [0, 0.05) is 5.90 Å². The third kappa shape index (κ3) is 2.15. The minimum atomic E-state index is -1.41. The average Bonchev–Trinajstić information content (AvgIpc) is 1.37. The van der Waals surface area contributed by atoms with Crippen molar-refractivity contribution in [2.75, 3.05) is 0 Å². The second-order valence-corrected chi connectivity index (χ2v) is 0.605. The molecule has 24 valence electrons. The molecule has 0 bridgehead atoms. The van der Waals surface area contributed by atoms with Gasteiger partial charge >= 0.3 is 0 Å². The highest BCUT2D eigenvalue weighted by Gasteiger charge is 1.49. The van der Waals surface area contributed by atoms with E-state index in [-0.39, 0.29) is 0 Å². The molecule has 0 N–H and O–H groups in total. The van der Waals surface area contributed by atoms with Crippen LogP contribution in [0.4, 0.5) is 0 Å². The second kappa shape index (κ2) is 3.15. The van der Waals surface area contributed by atoms with Crippen LogP contribution in [-0.2, 0) is 9.19 Å². The lowest BCUT2D eigenvalue weighted by atomic mass is 13.6. The molecule has 0 fully saturated rings.